The van der Waals surface area contributed by atoms with E-state index in [1.54, 1.807) is 0 Å². The summed E-state index contributed by atoms with van der Waals surface area (Å²) >= 11 is -11.9. The van der Waals surface area contributed by atoms with Crippen LogP contribution >= 0.6 is 0 Å². The van der Waals surface area contributed by atoms with E-state index in [4.69, 9.17) is 27.5 Å². The van der Waals surface area contributed by atoms with Crippen LogP contribution in [0.5, 0.6) is 0 Å². The number of rotatable bonds is 0. The molecule has 0 rings (SSSR count). The average Bonchev–Trinajstić information content (AvgIpc) is 1.12. The fourth-order valence-corrected chi connectivity index (χ4v) is 0. The molecular weight excluding hydrogens is 484 g/mol. The van der Waals surface area contributed by atoms with Gasteiger partial charge in [-0.2, -0.15) is 0 Å². The monoisotopic (exact) mass is 484 g/mol. The molecule has 0 saturated heterocycles. The summed E-state index contributed by atoms with van der Waals surface area (Å²) in [5.41, 5.74) is 0. The van der Waals surface area contributed by atoms with Crippen molar-refractivity contribution in [1.29, 1.82) is 0 Å². The fraction of sp³-hybridized carbons (Fsp3) is 0. The molecule has 0 heterocycles. The summed E-state index contributed by atoms with van der Waals surface area (Å²) < 4.78 is 68.9. The van der Waals surface area contributed by atoms with Crippen molar-refractivity contribution in [2.45, 2.75) is 0 Å². The molecule has 0 aliphatic heterocycles. The van der Waals surface area contributed by atoms with E-state index in [2.05, 4.69) is 0 Å². The fourth-order valence-electron chi connectivity index (χ4n) is 0. The van der Waals surface area contributed by atoms with Gasteiger partial charge in [-0.1, -0.05) is 0 Å². The van der Waals surface area contributed by atoms with Crippen LogP contribution in [0.25, 0.3) is 0 Å². The Balaban J connectivity index is -0.0000000457. The minimum Gasteiger partial charge on any atom is -0.286 e. The second kappa shape index (κ2) is 10.8. The van der Waals surface area contributed by atoms with Crippen LogP contribution in [0.1, 0.15) is 0 Å². The van der Waals surface area contributed by atoms with Gasteiger partial charge in [0.1, 0.15) is 40.2 Å². The Bertz CT molecular complexity index is 60.0. The molecule has 0 amide bonds. The van der Waals surface area contributed by atoms with Crippen LogP contribution < -0.4 is 119 Å². The predicted octanol–water partition coefficient (Wildman–Crippen LogP) is -18.5. The van der Waals surface area contributed by atoms with E-state index in [1.165, 1.54) is 0 Å². The minimum absolute atomic E-state index is 0. The molecule has 0 saturated carbocycles. The average molecular weight is 484 g/mol. The molecular formula is CuI2KO8+2. The summed E-state index contributed by atoms with van der Waals surface area (Å²) in [6.07, 6.45) is 0. The van der Waals surface area contributed by atoms with Crippen molar-refractivity contribution in [1.82, 2.24) is 0 Å². The van der Waals surface area contributed by atoms with Crippen molar-refractivity contribution in [3.63, 3.8) is 0 Å². The molecule has 0 aromatic carbocycles. The topological polar surface area (TPSA) is 184 Å². The van der Waals surface area contributed by atoms with Gasteiger partial charge in [-0.15, -0.1) is 0 Å². The van der Waals surface area contributed by atoms with E-state index < -0.39 is 40.2 Å². The van der Waals surface area contributed by atoms with Crippen molar-refractivity contribution in [3.8, 4) is 0 Å². The van der Waals surface area contributed by atoms with E-state index in [1.807, 2.05) is 0 Å². The minimum atomic E-state index is -5.94. The number of halogens is 2. The third-order valence-corrected chi connectivity index (χ3v) is 0. The molecule has 0 aromatic heterocycles. The van der Waals surface area contributed by atoms with E-state index in [-0.39, 0.29) is 68.5 Å². The normalized spacial score (nSPS) is 10.0. The molecule has 0 radical (unpaired) electrons. The summed E-state index contributed by atoms with van der Waals surface area (Å²) in [6, 6.07) is 0. The Hall–Kier alpha value is 3.30. The van der Waals surface area contributed by atoms with Crippen molar-refractivity contribution in [3.05, 3.63) is 0 Å². The molecule has 0 atom stereocenters. The zero-order valence-corrected chi connectivity index (χ0v) is 13.7. The van der Waals surface area contributed by atoms with Crippen LogP contribution in [0.15, 0.2) is 0 Å². The second-order valence-electron chi connectivity index (χ2n) is 0.756. The molecule has 0 fully saturated rings. The molecule has 72 valence electrons. The first-order valence-corrected chi connectivity index (χ1v) is 8.28. The largest absolute Gasteiger partial charge is 3.00 e. The Labute approximate surface area is 133 Å². The van der Waals surface area contributed by atoms with Gasteiger partial charge in [-0.05, 0) is 0 Å². The first-order valence-electron chi connectivity index (χ1n) is 1.23. The van der Waals surface area contributed by atoms with Gasteiger partial charge in [0, 0.05) is 0 Å². The molecule has 8 nitrogen and oxygen atoms in total. The van der Waals surface area contributed by atoms with E-state index in [0.717, 1.165) is 0 Å². The first-order chi connectivity index (χ1) is 4.00. The van der Waals surface area contributed by atoms with Gasteiger partial charge in [-0.25, -0.2) is 0 Å². The summed E-state index contributed by atoms with van der Waals surface area (Å²) in [7, 11) is 0. The number of hydrogen-bond donors (Lipinski definition) is 0. The summed E-state index contributed by atoms with van der Waals surface area (Å²) in [4.78, 5) is 0. The Morgan fingerprint density at radius 1 is 0.500 bits per heavy atom. The quantitative estimate of drug-likeness (QED) is 0.240. The maximum Gasteiger partial charge on any atom is 3.00 e. The summed E-state index contributed by atoms with van der Waals surface area (Å²) in [5, 5.41) is 0. The van der Waals surface area contributed by atoms with Crippen LogP contribution in [-0.4, -0.2) is 0 Å². The maximum atomic E-state index is 8.62. The van der Waals surface area contributed by atoms with E-state index in [0.29, 0.717) is 0 Å². The molecule has 0 aliphatic rings. The molecule has 12 heavy (non-hydrogen) atoms. The van der Waals surface area contributed by atoms with Gasteiger partial charge in [0.15, 0.2) is 0 Å². The van der Waals surface area contributed by atoms with Crippen LogP contribution in [0, 0.1) is 0 Å². The van der Waals surface area contributed by atoms with Crippen LogP contribution in [0.2, 0.25) is 0 Å². The van der Waals surface area contributed by atoms with Crippen LogP contribution in [0.3, 0.4) is 0 Å². The molecule has 0 N–H and O–H groups in total. The molecule has 0 unspecified atom stereocenters. The molecule has 12 heteroatoms. The van der Waals surface area contributed by atoms with Crippen molar-refractivity contribution < 1.29 is 136 Å². The van der Waals surface area contributed by atoms with Crippen LogP contribution in [-0.2, 0) is 17.1 Å². The van der Waals surface area contributed by atoms with E-state index >= 15 is 0 Å². The standard InChI is InChI=1S/Cu.2IO4.K/c;2*2-1(3,4)5;/q+3;2*-1;+1. The van der Waals surface area contributed by atoms with Gasteiger partial charge in [0.05, 0.1) is 0 Å². The second-order valence-corrected chi connectivity index (χ2v) is 5.07. The zero-order valence-electron chi connectivity index (χ0n) is 5.32. The third-order valence-electron chi connectivity index (χ3n) is 0. The Kier molecular flexibility index (Phi) is 22.1. The molecule has 0 spiro atoms. The van der Waals surface area contributed by atoms with Gasteiger partial charge < -0.3 is 0 Å². The predicted molar refractivity (Wildman–Crippen MR) is 0 cm³/mol. The molecule has 0 aliphatic carbocycles. The maximum absolute atomic E-state index is 8.62. The Morgan fingerprint density at radius 2 is 0.500 bits per heavy atom. The van der Waals surface area contributed by atoms with Crippen molar-refractivity contribution >= 4 is 0 Å². The van der Waals surface area contributed by atoms with Gasteiger partial charge in [0.2, 0.25) is 0 Å². The SMILES string of the molecule is [Cu+3].[K+].[O-][I+3]([O-])([O-])[O-].[O-][I+3]([O-])([O-])[O-]. The first kappa shape index (κ1) is 24.5. The van der Waals surface area contributed by atoms with Gasteiger partial charge in [0.25, 0.3) is 0 Å². The Morgan fingerprint density at radius 3 is 0.500 bits per heavy atom. The van der Waals surface area contributed by atoms with Crippen molar-refractivity contribution in [2.75, 3.05) is 0 Å². The summed E-state index contributed by atoms with van der Waals surface area (Å²) in [6.45, 7) is 0. The van der Waals surface area contributed by atoms with Crippen LogP contribution in [0.4, 0.5) is 0 Å². The van der Waals surface area contributed by atoms with Gasteiger partial charge in [-0.3, -0.25) is 27.5 Å². The molecule has 0 bridgehead atoms. The zero-order chi connectivity index (χ0) is 9.00. The smallest absolute Gasteiger partial charge is 0.286 e. The third kappa shape index (κ3) is 185. The van der Waals surface area contributed by atoms with E-state index in [9.17, 15) is 0 Å². The summed E-state index contributed by atoms with van der Waals surface area (Å²) in [5.74, 6) is 0. The van der Waals surface area contributed by atoms with Gasteiger partial charge >= 0.3 is 68.5 Å². The van der Waals surface area contributed by atoms with Crippen molar-refractivity contribution in [2.24, 2.45) is 0 Å². The molecule has 0 aromatic rings. The number of hydrogen-bond acceptors (Lipinski definition) is 8.